The average Bonchev–Trinajstić information content (AvgIpc) is 2.99. The predicted octanol–water partition coefficient (Wildman–Crippen LogP) is 5.52. The van der Waals surface area contributed by atoms with Gasteiger partial charge in [-0.05, 0) is 35.2 Å². The van der Waals surface area contributed by atoms with E-state index in [1.54, 1.807) is 24.3 Å². The van der Waals surface area contributed by atoms with Crippen LogP contribution in [0.3, 0.4) is 0 Å². The van der Waals surface area contributed by atoms with Crippen molar-refractivity contribution in [3.8, 4) is 0 Å². The fraction of sp³-hybridized carbons (Fsp3) is 0.156. The number of ether oxygens (including phenoxy) is 1. The lowest BCUT2D eigenvalue weighted by atomic mass is 10.1. The third-order valence-electron chi connectivity index (χ3n) is 6.25. The van der Waals surface area contributed by atoms with Gasteiger partial charge in [-0.15, -0.1) is 0 Å². The summed E-state index contributed by atoms with van der Waals surface area (Å²) < 4.78 is 34.5. The summed E-state index contributed by atoms with van der Waals surface area (Å²) in [5.74, 6) is -2.11. The second kappa shape index (κ2) is 14.4. The molecular formula is C32H30F2N4O3. The number of carbonyl (C=O) groups is 2. The molecule has 0 saturated carbocycles. The first-order valence-electron chi connectivity index (χ1n) is 13.0. The van der Waals surface area contributed by atoms with Gasteiger partial charge in [0, 0.05) is 24.2 Å². The highest BCUT2D eigenvalue weighted by molar-refractivity contribution is 6.02. The van der Waals surface area contributed by atoms with Gasteiger partial charge in [0.2, 0.25) is 5.91 Å². The van der Waals surface area contributed by atoms with Crippen LogP contribution in [0, 0.1) is 11.6 Å². The number of amidine groups is 1. The molecule has 0 unspecified atom stereocenters. The van der Waals surface area contributed by atoms with Crippen molar-refractivity contribution in [2.45, 2.75) is 26.0 Å². The monoisotopic (exact) mass is 556 g/mol. The van der Waals surface area contributed by atoms with Gasteiger partial charge in [-0.25, -0.2) is 13.6 Å². The number of nitrogens with zero attached hydrogens (tertiary/aromatic N) is 1. The van der Waals surface area contributed by atoms with Crippen LogP contribution in [0.5, 0.6) is 0 Å². The summed E-state index contributed by atoms with van der Waals surface area (Å²) in [6.07, 6.45) is -0.589. The van der Waals surface area contributed by atoms with Gasteiger partial charge < -0.3 is 21.1 Å². The summed E-state index contributed by atoms with van der Waals surface area (Å²) in [5, 5.41) is 5.65. The SMILES string of the molecule is N/C(=N\C(=O)OCc1ccccc1)c1ccc(CNC(=O)Cc2c(F)ccc(NCCc3ccccc3)c2F)cc1. The molecule has 0 fully saturated rings. The maximum atomic E-state index is 15.0. The number of anilines is 1. The number of carbonyl (C=O) groups excluding carboxylic acids is 2. The molecule has 4 N–H and O–H groups in total. The molecule has 0 atom stereocenters. The van der Waals surface area contributed by atoms with Crippen molar-refractivity contribution in [1.29, 1.82) is 0 Å². The molecule has 9 heteroatoms. The van der Waals surface area contributed by atoms with Crippen molar-refractivity contribution in [3.63, 3.8) is 0 Å². The molecule has 7 nitrogen and oxygen atoms in total. The minimum absolute atomic E-state index is 0.0122. The summed E-state index contributed by atoms with van der Waals surface area (Å²) in [6, 6.07) is 28.1. The molecule has 4 rings (SSSR count). The van der Waals surface area contributed by atoms with Crippen molar-refractivity contribution in [2.75, 3.05) is 11.9 Å². The Balaban J connectivity index is 1.27. The van der Waals surface area contributed by atoms with Gasteiger partial charge >= 0.3 is 6.09 Å². The van der Waals surface area contributed by atoms with E-state index in [4.69, 9.17) is 10.5 Å². The molecule has 2 amide bonds. The van der Waals surface area contributed by atoms with Gasteiger partial charge in [0.15, 0.2) is 5.82 Å². The number of benzene rings is 4. The Bertz CT molecular complexity index is 1500. The smallest absolute Gasteiger partial charge is 0.435 e. The Morgan fingerprint density at radius 3 is 2.15 bits per heavy atom. The topological polar surface area (TPSA) is 106 Å². The average molecular weight is 557 g/mol. The van der Waals surface area contributed by atoms with E-state index in [2.05, 4.69) is 15.6 Å². The van der Waals surface area contributed by atoms with Gasteiger partial charge in [0.25, 0.3) is 0 Å². The number of nitrogens with one attached hydrogen (secondary N) is 2. The van der Waals surface area contributed by atoms with E-state index < -0.39 is 30.1 Å². The molecule has 0 aliphatic heterocycles. The van der Waals surface area contributed by atoms with E-state index in [0.717, 1.165) is 22.8 Å². The molecule has 41 heavy (non-hydrogen) atoms. The highest BCUT2D eigenvalue weighted by atomic mass is 19.1. The summed E-state index contributed by atoms with van der Waals surface area (Å²) >= 11 is 0. The third-order valence-corrected chi connectivity index (χ3v) is 6.25. The molecule has 0 radical (unpaired) electrons. The lowest BCUT2D eigenvalue weighted by molar-refractivity contribution is -0.120. The van der Waals surface area contributed by atoms with Crippen LogP contribution in [0.2, 0.25) is 0 Å². The number of hydrogen-bond acceptors (Lipinski definition) is 4. The van der Waals surface area contributed by atoms with Crippen LogP contribution in [0.4, 0.5) is 19.3 Å². The van der Waals surface area contributed by atoms with E-state index in [1.807, 2.05) is 60.7 Å². The van der Waals surface area contributed by atoms with Crippen molar-refractivity contribution in [3.05, 3.63) is 137 Å². The molecule has 0 aromatic heterocycles. The zero-order valence-electron chi connectivity index (χ0n) is 22.3. The van der Waals surface area contributed by atoms with E-state index in [9.17, 15) is 18.4 Å². The second-order valence-electron chi connectivity index (χ2n) is 9.24. The number of halogens is 2. The molecule has 0 bridgehead atoms. The first-order chi connectivity index (χ1) is 19.9. The largest absolute Gasteiger partial charge is 0.443 e. The highest BCUT2D eigenvalue weighted by Gasteiger charge is 2.17. The first kappa shape index (κ1) is 28.9. The Morgan fingerprint density at radius 2 is 1.46 bits per heavy atom. The van der Waals surface area contributed by atoms with Gasteiger partial charge in [-0.3, -0.25) is 4.79 Å². The lowest BCUT2D eigenvalue weighted by Gasteiger charge is -2.12. The van der Waals surface area contributed by atoms with Crippen LogP contribution in [-0.4, -0.2) is 24.4 Å². The predicted molar refractivity (Wildman–Crippen MR) is 154 cm³/mol. The van der Waals surface area contributed by atoms with E-state index in [1.165, 1.54) is 6.07 Å². The van der Waals surface area contributed by atoms with E-state index in [-0.39, 0.29) is 30.2 Å². The van der Waals surface area contributed by atoms with Crippen molar-refractivity contribution >= 4 is 23.5 Å². The lowest BCUT2D eigenvalue weighted by Crippen LogP contribution is -2.25. The fourth-order valence-corrected chi connectivity index (χ4v) is 4.01. The van der Waals surface area contributed by atoms with Crippen LogP contribution >= 0.6 is 0 Å². The maximum Gasteiger partial charge on any atom is 0.435 e. The number of aliphatic imine (C=N–C) groups is 1. The normalized spacial score (nSPS) is 11.1. The van der Waals surface area contributed by atoms with Gasteiger partial charge in [0.1, 0.15) is 18.3 Å². The fourth-order valence-electron chi connectivity index (χ4n) is 4.01. The molecule has 0 aliphatic rings. The summed E-state index contributed by atoms with van der Waals surface area (Å²) in [7, 11) is 0. The third kappa shape index (κ3) is 8.72. The summed E-state index contributed by atoms with van der Waals surface area (Å²) in [6.45, 7) is 0.670. The Kier molecular flexibility index (Phi) is 10.1. The van der Waals surface area contributed by atoms with Crippen LogP contribution < -0.4 is 16.4 Å². The molecule has 4 aromatic rings. The molecule has 0 spiro atoms. The molecule has 4 aromatic carbocycles. The molecule has 210 valence electrons. The Hall–Kier alpha value is -5.05. The van der Waals surface area contributed by atoms with Gasteiger partial charge in [0.05, 0.1) is 12.1 Å². The number of hydrogen-bond donors (Lipinski definition) is 3. The zero-order valence-corrected chi connectivity index (χ0v) is 22.3. The molecule has 0 aliphatic carbocycles. The van der Waals surface area contributed by atoms with Crippen LogP contribution in [0.1, 0.15) is 27.8 Å². The van der Waals surface area contributed by atoms with E-state index in [0.29, 0.717) is 18.5 Å². The number of rotatable bonds is 11. The molecule has 0 saturated heterocycles. The summed E-state index contributed by atoms with van der Waals surface area (Å²) in [5.41, 5.74) is 8.91. The zero-order chi connectivity index (χ0) is 29.0. The molecule has 0 heterocycles. The number of amides is 2. The Morgan fingerprint density at radius 1 is 0.805 bits per heavy atom. The number of nitrogens with two attached hydrogens (primary N) is 1. The first-order valence-corrected chi connectivity index (χ1v) is 13.0. The van der Waals surface area contributed by atoms with Crippen LogP contribution in [0.25, 0.3) is 0 Å². The van der Waals surface area contributed by atoms with Crippen LogP contribution in [-0.2, 0) is 35.5 Å². The molecular weight excluding hydrogens is 526 g/mol. The minimum atomic E-state index is -0.808. The quantitative estimate of drug-likeness (QED) is 0.167. The minimum Gasteiger partial charge on any atom is -0.443 e. The second-order valence-corrected chi connectivity index (χ2v) is 9.24. The van der Waals surface area contributed by atoms with E-state index >= 15 is 0 Å². The van der Waals surface area contributed by atoms with Gasteiger partial charge in [-0.1, -0.05) is 84.9 Å². The van der Waals surface area contributed by atoms with Gasteiger partial charge in [-0.2, -0.15) is 4.99 Å². The standard InChI is InChI=1S/C32H30F2N4O3/c33-27-15-16-28(36-18-17-22-7-3-1-4-8-22)30(34)26(27)19-29(39)37-20-23-11-13-25(14-12-23)31(35)38-32(40)41-21-24-9-5-2-6-10-24/h1-16,36H,17-21H2,(H,37,39)(H2,35,38,40). The summed E-state index contributed by atoms with van der Waals surface area (Å²) in [4.78, 5) is 28.2. The van der Waals surface area contributed by atoms with Crippen molar-refractivity contribution < 1.29 is 23.1 Å². The Labute approximate surface area is 237 Å². The van der Waals surface area contributed by atoms with Crippen LogP contribution in [0.15, 0.2) is 102 Å². The van der Waals surface area contributed by atoms with Crippen molar-refractivity contribution in [1.82, 2.24) is 5.32 Å². The van der Waals surface area contributed by atoms with Crippen molar-refractivity contribution in [2.24, 2.45) is 10.7 Å². The highest BCUT2D eigenvalue weighted by Crippen LogP contribution is 2.22. The maximum absolute atomic E-state index is 15.0.